The van der Waals surface area contributed by atoms with Crippen molar-refractivity contribution in [2.24, 2.45) is 0 Å². The summed E-state index contributed by atoms with van der Waals surface area (Å²) in [4.78, 5) is 22.4. The smallest absolute Gasteiger partial charge is 0.271 e. The van der Waals surface area contributed by atoms with Crippen LogP contribution >= 0.6 is 11.3 Å². The fourth-order valence-corrected chi connectivity index (χ4v) is 4.06. The minimum Gasteiger partial charge on any atom is -0.349 e. The number of hydrogen-bond acceptors (Lipinski definition) is 6. The Labute approximate surface area is 166 Å². The van der Waals surface area contributed by atoms with Crippen molar-refractivity contribution in [2.45, 2.75) is 6.92 Å². The molecular formula is C20H20N6OS. The molecule has 0 fully saturated rings. The summed E-state index contributed by atoms with van der Waals surface area (Å²) in [7, 11) is 1.85. The Balaban J connectivity index is 1.80. The second-order valence-electron chi connectivity index (χ2n) is 6.37. The van der Waals surface area contributed by atoms with Crippen LogP contribution in [-0.4, -0.2) is 46.2 Å². The highest BCUT2D eigenvalue weighted by Gasteiger charge is 2.22. The molecule has 0 saturated heterocycles. The van der Waals surface area contributed by atoms with Crippen molar-refractivity contribution in [3.05, 3.63) is 54.0 Å². The van der Waals surface area contributed by atoms with E-state index in [1.165, 1.54) is 11.3 Å². The van der Waals surface area contributed by atoms with Crippen LogP contribution in [0.2, 0.25) is 0 Å². The number of para-hydroxylation sites is 1. The molecule has 0 atom stereocenters. The van der Waals surface area contributed by atoms with E-state index < -0.39 is 0 Å². The van der Waals surface area contributed by atoms with Crippen LogP contribution in [0.5, 0.6) is 0 Å². The highest BCUT2D eigenvalue weighted by Crippen LogP contribution is 2.37. The number of rotatable bonds is 6. The van der Waals surface area contributed by atoms with E-state index in [1.54, 1.807) is 12.4 Å². The number of aromatic nitrogens is 4. The predicted octanol–water partition coefficient (Wildman–Crippen LogP) is 3.01. The number of amides is 1. The van der Waals surface area contributed by atoms with Gasteiger partial charge in [-0.2, -0.15) is 5.10 Å². The van der Waals surface area contributed by atoms with Crippen molar-refractivity contribution in [1.82, 2.24) is 30.8 Å². The molecule has 1 aromatic carbocycles. The molecule has 0 aliphatic rings. The van der Waals surface area contributed by atoms with Crippen LogP contribution < -0.4 is 10.6 Å². The molecule has 7 nitrogen and oxygen atoms in total. The topological polar surface area (TPSA) is 95.6 Å². The largest absolute Gasteiger partial charge is 0.349 e. The zero-order valence-electron chi connectivity index (χ0n) is 15.6. The summed E-state index contributed by atoms with van der Waals surface area (Å²) < 4.78 is 0. The molecule has 0 aliphatic carbocycles. The van der Waals surface area contributed by atoms with E-state index >= 15 is 0 Å². The van der Waals surface area contributed by atoms with E-state index in [4.69, 9.17) is 0 Å². The molecular weight excluding hydrogens is 372 g/mol. The first-order chi connectivity index (χ1) is 13.7. The normalized spacial score (nSPS) is 11.1. The molecule has 0 bridgehead atoms. The maximum atomic E-state index is 12.8. The van der Waals surface area contributed by atoms with Gasteiger partial charge in [-0.05, 0) is 25.6 Å². The lowest BCUT2D eigenvalue weighted by Crippen LogP contribution is -2.30. The molecule has 4 rings (SSSR count). The number of benzene rings is 1. The first kappa shape index (κ1) is 18.3. The molecule has 8 heteroatoms. The minimum absolute atomic E-state index is 0.198. The Kier molecular flexibility index (Phi) is 5.14. The summed E-state index contributed by atoms with van der Waals surface area (Å²) in [6.07, 6.45) is 3.46. The number of likely N-dealkylation sites (N-methyl/N-ethyl adjacent to an activating group) is 1. The second-order valence-corrected chi connectivity index (χ2v) is 7.37. The standard InChI is InChI=1S/C20H20N6OS/c1-12-5-3-7-14-15(12)25-26-16(14)20-24-17(19(27)23-10-9-21-2)18(28-20)13-6-4-8-22-11-13/h3-8,11,21H,9-10H2,1-2H3,(H,23,27)(H,25,26). The molecule has 3 aromatic heterocycles. The lowest BCUT2D eigenvalue weighted by Gasteiger charge is -2.04. The van der Waals surface area contributed by atoms with Crippen molar-refractivity contribution >= 4 is 28.1 Å². The number of pyridine rings is 1. The third-order valence-corrected chi connectivity index (χ3v) is 5.55. The van der Waals surface area contributed by atoms with Crippen LogP contribution in [0.25, 0.3) is 32.0 Å². The minimum atomic E-state index is -0.198. The van der Waals surface area contributed by atoms with Crippen LogP contribution in [0.4, 0.5) is 0 Å². The Morgan fingerprint density at radius 1 is 1.21 bits per heavy atom. The molecule has 1 amide bonds. The molecule has 0 radical (unpaired) electrons. The monoisotopic (exact) mass is 392 g/mol. The molecule has 142 valence electrons. The Morgan fingerprint density at radius 3 is 2.89 bits per heavy atom. The first-order valence-corrected chi connectivity index (χ1v) is 9.78. The van der Waals surface area contributed by atoms with Gasteiger partial charge in [-0.3, -0.25) is 14.9 Å². The molecule has 3 N–H and O–H groups in total. The van der Waals surface area contributed by atoms with Gasteiger partial charge in [0.2, 0.25) is 0 Å². The maximum absolute atomic E-state index is 12.8. The van der Waals surface area contributed by atoms with Crippen molar-refractivity contribution in [3.8, 4) is 21.1 Å². The second kappa shape index (κ2) is 7.87. The van der Waals surface area contributed by atoms with Crippen LogP contribution in [-0.2, 0) is 0 Å². The molecule has 0 spiro atoms. The van der Waals surface area contributed by atoms with Gasteiger partial charge in [0.05, 0.1) is 10.4 Å². The number of nitrogens with one attached hydrogen (secondary N) is 3. The molecule has 3 heterocycles. The lowest BCUT2D eigenvalue weighted by molar-refractivity contribution is 0.0950. The quantitative estimate of drug-likeness (QED) is 0.439. The average Bonchev–Trinajstić information content (AvgIpc) is 3.34. The Morgan fingerprint density at radius 2 is 2.11 bits per heavy atom. The fourth-order valence-electron chi connectivity index (χ4n) is 3.00. The van der Waals surface area contributed by atoms with Crippen LogP contribution in [0.15, 0.2) is 42.7 Å². The summed E-state index contributed by atoms with van der Waals surface area (Å²) in [5, 5.41) is 15.2. The third kappa shape index (κ3) is 3.39. The summed E-state index contributed by atoms with van der Waals surface area (Å²) >= 11 is 1.46. The number of aryl methyl sites for hydroxylation is 1. The van der Waals surface area contributed by atoms with Gasteiger partial charge < -0.3 is 10.6 Å². The Bertz CT molecular complexity index is 1120. The number of hydrogen-bond donors (Lipinski definition) is 3. The zero-order chi connectivity index (χ0) is 19.5. The van der Waals surface area contributed by atoms with Crippen molar-refractivity contribution in [3.63, 3.8) is 0 Å². The highest BCUT2D eigenvalue weighted by atomic mass is 32.1. The lowest BCUT2D eigenvalue weighted by atomic mass is 10.1. The average molecular weight is 392 g/mol. The van der Waals surface area contributed by atoms with Gasteiger partial charge in [0.15, 0.2) is 0 Å². The van der Waals surface area contributed by atoms with Gasteiger partial charge in [-0.1, -0.05) is 24.3 Å². The van der Waals surface area contributed by atoms with Gasteiger partial charge in [0, 0.05) is 36.4 Å². The number of H-pyrrole nitrogens is 1. The summed E-state index contributed by atoms with van der Waals surface area (Å²) in [5.74, 6) is -0.198. The highest BCUT2D eigenvalue weighted by molar-refractivity contribution is 7.18. The summed E-state index contributed by atoms with van der Waals surface area (Å²) in [6, 6.07) is 9.82. The SMILES string of the molecule is CNCCNC(=O)c1nc(-c2[nH]nc3c(C)cccc23)sc1-c1cccnc1. The predicted molar refractivity (Wildman–Crippen MR) is 111 cm³/mol. The summed E-state index contributed by atoms with van der Waals surface area (Å²) in [5.41, 5.74) is 4.09. The summed E-state index contributed by atoms with van der Waals surface area (Å²) in [6.45, 7) is 3.24. The molecule has 4 aromatic rings. The number of thiazole rings is 1. The van der Waals surface area contributed by atoms with Gasteiger partial charge in [0.25, 0.3) is 5.91 Å². The van der Waals surface area contributed by atoms with E-state index in [9.17, 15) is 4.79 Å². The third-order valence-electron chi connectivity index (χ3n) is 4.43. The van der Waals surface area contributed by atoms with E-state index in [-0.39, 0.29) is 5.91 Å². The van der Waals surface area contributed by atoms with E-state index in [2.05, 4.69) is 30.8 Å². The zero-order valence-corrected chi connectivity index (χ0v) is 16.4. The fraction of sp³-hybridized carbons (Fsp3) is 0.200. The number of aromatic amines is 1. The van der Waals surface area contributed by atoms with Crippen molar-refractivity contribution < 1.29 is 4.79 Å². The number of carbonyl (C=O) groups is 1. The number of carbonyl (C=O) groups excluding carboxylic acids is 1. The van der Waals surface area contributed by atoms with Gasteiger partial charge in [-0.15, -0.1) is 11.3 Å². The maximum Gasteiger partial charge on any atom is 0.271 e. The molecule has 0 aliphatic heterocycles. The van der Waals surface area contributed by atoms with Crippen molar-refractivity contribution in [1.29, 1.82) is 0 Å². The number of nitrogens with zero attached hydrogens (tertiary/aromatic N) is 3. The Hall–Kier alpha value is -3.10. The van der Waals surface area contributed by atoms with Crippen LogP contribution in [0.3, 0.4) is 0 Å². The van der Waals surface area contributed by atoms with Crippen LogP contribution in [0, 0.1) is 6.92 Å². The number of fused-ring (bicyclic) bond motifs is 1. The van der Waals surface area contributed by atoms with Crippen LogP contribution in [0.1, 0.15) is 16.1 Å². The molecule has 0 unspecified atom stereocenters. The van der Waals surface area contributed by atoms with E-state index in [0.717, 1.165) is 37.6 Å². The van der Waals surface area contributed by atoms with Gasteiger partial charge in [-0.25, -0.2) is 4.98 Å². The molecule has 28 heavy (non-hydrogen) atoms. The van der Waals surface area contributed by atoms with Gasteiger partial charge in [0.1, 0.15) is 16.4 Å². The van der Waals surface area contributed by atoms with Crippen molar-refractivity contribution in [2.75, 3.05) is 20.1 Å². The molecule has 0 saturated carbocycles. The first-order valence-electron chi connectivity index (χ1n) is 8.97. The van der Waals surface area contributed by atoms with E-state index in [0.29, 0.717) is 18.8 Å². The van der Waals surface area contributed by atoms with E-state index in [1.807, 2.05) is 44.3 Å². The van der Waals surface area contributed by atoms with Gasteiger partial charge >= 0.3 is 0 Å².